The molecular formula is C13H15NO3. The molecule has 17 heavy (non-hydrogen) atoms. The second-order valence-corrected chi connectivity index (χ2v) is 3.78. The minimum absolute atomic E-state index is 0.0533. The van der Waals surface area contributed by atoms with Gasteiger partial charge in [0, 0.05) is 0 Å². The van der Waals surface area contributed by atoms with Crippen LogP contribution in [0.1, 0.15) is 25.8 Å². The molecule has 0 aliphatic rings. The topological polar surface area (TPSA) is 52.3 Å². The first-order valence-electron chi connectivity index (χ1n) is 5.81. The van der Waals surface area contributed by atoms with Crippen LogP contribution in [0.15, 0.2) is 27.4 Å². The molecule has 0 amide bonds. The lowest BCUT2D eigenvalue weighted by Crippen LogP contribution is -2.07. The molecule has 0 saturated heterocycles. The van der Waals surface area contributed by atoms with Crippen molar-refractivity contribution in [2.45, 2.75) is 26.7 Å². The number of aryl methyl sites for hydroxylation is 1. The molecule has 2 aromatic rings. The number of benzene rings is 1. The van der Waals surface area contributed by atoms with Crippen molar-refractivity contribution < 1.29 is 9.15 Å². The molecule has 1 aromatic heterocycles. The Labute approximate surface area is 99.2 Å². The highest BCUT2D eigenvalue weighted by molar-refractivity contribution is 5.80. The van der Waals surface area contributed by atoms with Crippen molar-refractivity contribution in [1.82, 2.24) is 4.98 Å². The number of hydrogen-bond acceptors (Lipinski definition) is 4. The van der Waals surface area contributed by atoms with E-state index in [0.29, 0.717) is 17.5 Å². The monoisotopic (exact) mass is 233 g/mol. The molecule has 0 radical (unpaired) electrons. The van der Waals surface area contributed by atoms with Gasteiger partial charge < -0.3 is 9.15 Å². The molecule has 0 aliphatic carbocycles. The van der Waals surface area contributed by atoms with Crippen LogP contribution in [0, 0.1) is 0 Å². The molecule has 4 heteroatoms. The minimum atomic E-state index is -0.376. The van der Waals surface area contributed by atoms with Gasteiger partial charge in [0.25, 0.3) is 0 Å². The van der Waals surface area contributed by atoms with Crippen molar-refractivity contribution in [3.05, 3.63) is 34.2 Å². The number of hydrogen-bond donors (Lipinski definition) is 0. The highest BCUT2D eigenvalue weighted by atomic mass is 16.6. The number of fused-ring (bicyclic) bond motifs is 1. The third kappa shape index (κ3) is 2.30. The number of rotatable bonds is 4. The summed E-state index contributed by atoms with van der Waals surface area (Å²) in [4.78, 5) is 16.0. The van der Waals surface area contributed by atoms with Gasteiger partial charge in [0.05, 0.1) is 17.5 Å². The lowest BCUT2D eigenvalue weighted by atomic mass is 10.1. The highest BCUT2D eigenvalue weighted by Gasteiger charge is 2.09. The van der Waals surface area contributed by atoms with Gasteiger partial charge in [-0.3, -0.25) is 0 Å². The van der Waals surface area contributed by atoms with Gasteiger partial charge in [-0.2, -0.15) is 4.98 Å². The Hall–Kier alpha value is -1.84. The molecule has 0 atom stereocenters. The Morgan fingerprint density at radius 3 is 2.88 bits per heavy atom. The quantitative estimate of drug-likeness (QED) is 0.814. The summed E-state index contributed by atoms with van der Waals surface area (Å²) < 4.78 is 10.3. The lowest BCUT2D eigenvalue weighted by molar-refractivity contribution is 0.217. The molecule has 4 nitrogen and oxygen atoms in total. The fourth-order valence-corrected chi connectivity index (χ4v) is 1.71. The molecule has 0 bridgehead atoms. The fourth-order valence-electron chi connectivity index (χ4n) is 1.71. The smallest absolute Gasteiger partial charge is 0.397 e. The van der Waals surface area contributed by atoms with Crippen LogP contribution >= 0.6 is 0 Å². The van der Waals surface area contributed by atoms with E-state index in [4.69, 9.17) is 9.15 Å². The summed E-state index contributed by atoms with van der Waals surface area (Å²) in [7, 11) is 0. The molecule has 1 aromatic carbocycles. The number of ether oxygens (including phenoxy) is 1. The van der Waals surface area contributed by atoms with E-state index >= 15 is 0 Å². The van der Waals surface area contributed by atoms with Gasteiger partial charge in [0.2, 0.25) is 0 Å². The van der Waals surface area contributed by atoms with Gasteiger partial charge in [0.1, 0.15) is 0 Å². The first-order valence-corrected chi connectivity index (χ1v) is 5.81. The third-order valence-corrected chi connectivity index (χ3v) is 2.54. The molecule has 1 heterocycles. The Morgan fingerprint density at radius 1 is 1.35 bits per heavy atom. The average Bonchev–Trinajstić information content (AvgIpc) is 2.35. The van der Waals surface area contributed by atoms with E-state index in [0.717, 1.165) is 18.4 Å². The van der Waals surface area contributed by atoms with Crippen LogP contribution in [-0.4, -0.2) is 11.6 Å². The standard InChI is InChI=1S/C13H15NO3/c1-3-8-16-13-14-10-7-5-6-9(4-2)11(10)12(15)17-13/h5-7H,3-4,8H2,1-2H3. The maximum atomic E-state index is 11.9. The maximum absolute atomic E-state index is 11.9. The van der Waals surface area contributed by atoms with Gasteiger partial charge in [-0.25, -0.2) is 4.79 Å². The predicted molar refractivity (Wildman–Crippen MR) is 65.4 cm³/mol. The third-order valence-electron chi connectivity index (χ3n) is 2.54. The van der Waals surface area contributed by atoms with E-state index in [1.54, 1.807) is 6.07 Å². The van der Waals surface area contributed by atoms with Crippen molar-refractivity contribution in [3.63, 3.8) is 0 Å². The molecule has 0 saturated carbocycles. The molecular weight excluding hydrogens is 218 g/mol. The van der Waals surface area contributed by atoms with Crippen molar-refractivity contribution in [1.29, 1.82) is 0 Å². The SMILES string of the molecule is CCCOc1nc2cccc(CC)c2c(=O)o1. The summed E-state index contributed by atoms with van der Waals surface area (Å²) in [6.45, 7) is 4.47. The van der Waals surface area contributed by atoms with Crippen LogP contribution in [0.25, 0.3) is 10.9 Å². The summed E-state index contributed by atoms with van der Waals surface area (Å²) in [5.41, 5.74) is 1.20. The number of nitrogens with zero attached hydrogens (tertiary/aromatic N) is 1. The predicted octanol–water partition coefficient (Wildman–Crippen LogP) is 2.54. The molecule has 90 valence electrons. The number of aromatic nitrogens is 1. The summed E-state index contributed by atoms with van der Waals surface area (Å²) >= 11 is 0. The van der Waals surface area contributed by atoms with E-state index < -0.39 is 0 Å². The maximum Gasteiger partial charge on any atom is 0.397 e. The Kier molecular flexibility index (Phi) is 3.42. The van der Waals surface area contributed by atoms with E-state index in [-0.39, 0.29) is 11.7 Å². The van der Waals surface area contributed by atoms with Crippen LogP contribution in [0.5, 0.6) is 6.08 Å². The minimum Gasteiger partial charge on any atom is -0.450 e. The van der Waals surface area contributed by atoms with Gasteiger partial charge >= 0.3 is 11.7 Å². The van der Waals surface area contributed by atoms with Gasteiger partial charge in [-0.1, -0.05) is 26.0 Å². The first kappa shape index (κ1) is 11.6. The van der Waals surface area contributed by atoms with Crippen LogP contribution in [0.2, 0.25) is 0 Å². The molecule has 0 unspecified atom stereocenters. The van der Waals surface area contributed by atoms with Crippen molar-refractivity contribution in [2.24, 2.45) is 0 Å². The zero-order valence-corrected chi connectivity index (χ0v) is 10.0. The Bertz CT molecular complexity index is 574. The second-order valence-electron chi connectivity index (χ2n) is 3.78. The zero-order chi connectivity index (χ0) is 12.3. The van der Waals surface area contributed by atoms with Crippen LogP contribution in [0.3, 0.4) is 0 Å². The van der Waals surface area contributed by atoms with Crippen LogP contribution < -0.4 is 10.4 Å². The van der Waals surface area contributed by atoms with E-state index in [9.17, 15) is 4.79 Å². The summed E-state index contributed by atoms with van der Waals surface area (Å²) in [5.74, 6) is 0. The van der Waals surface area contributed by atoms with Gasteiger partial charge in [-0.05, 0) is 24.5 Å². The van der Waals surface area contributed by atoms with E-state index in [1.807, 2.05) is 26.0 Å². The summed E-state index contributed by atoms with van der Waals surface area (Å²) in [6, 6.07) is 5.59. The molecule has 2 rings (SSSR count). The molecule has 0 spiro atoms. The van der Waals surface area contributed by atoms with Crippen LogP contribution in [0.4, 0.5) is 0 Å². The molecule has 0 aliphatic heterocycles. The lowest BCUT2D eigenvalue weighted by Gasteiger charge is -2.04. The molecule has 0 fully saturated rings. The Morgan fingerprint density at radius 2 is 2.18 bits per heavy atom. The Balaban J connectivity index is 2.56. The van der Waals surface area contributed by atoms with Crippen molar-refractivity contribution >= 4 is 10.9 Å². The van der Waals surface area contributed by atoms with Gasteiger partial charge in [0.15, 0.2) is 0 Å². The summed E-state index contributed by atoms with van der Waals surface area (Å²) in [6.07, 6.45) is 1.68. The average molecular weight is 233 g/mol. The van der Waals surface area contributed by atoms with E-state index in [1.165, 1.54) is 0 Å². The van der Waals surface area contributed by atoms with E-state index in [2.05, 4.69) is 4.98 Å². The summed E-state index contributed by atoms with van der Waals surface area (Å²) in [5, 5.41) is 0.554. The van der Waals surface area contributed by atoms with Crippen LogP contribution in [-0.2, 0) is 6.42 Å². The highest BCUT2D eigenvalue weighted by Crippen LogP contribution is 2.16. The van der Waals surface area contributed by atoms with Crippen molar-refractivity contribution in [2.75, 3.05) is 6.61 Å². The largest absolute Gasteiger partial charge is 0.450 e. The first-order chi connectivity index (χ1) is 8.26. The normalized spacial score (nSPS) is 10.7. The fraction of sp³-hybridized carbons (Fsp3) is 0.385. The zero-order valence-electron chi connectivity index (χ0n) is 10.0. The van der Waals surface area contributed by atoms with Crippen molar-refractivity contribution in [3.8, 4) is 6.08 Å². The molecule has 0 N–H and O–H groups in total. The second kappa shape index (κ2) is 4.99. The van der Waals surface area contributed by atoms with Gasteiger partial charge in [-0.15, -0.1) is 0 Å².